The van der Waals surface area contributed by atoms with Gasteiger partial charge in [0.15, 0.2) is 6.10 Å². The molecule has 4 nitrogen and oxygen atoms in total. The summed E-state index contributed by atoms with van der Waals surface area (Å²) in [5.41, 5.74) is 0.984. The Morgan fingerprint density at radius 1 is 0.966 bits per heavy atom. The van der Waals surface area contributed by atoms with Gasteiger partial charge in [0.1, 0.15) is 11.6 Å². The third-order valence-electron chi connectivity index (χ3n) is 5.45. The molecule has 3 aromatic carbocycles. The standard InChI is InChI=1S/C24H25FN2O2/c1-2-22(29-23-9-5-7-18-6-3-4-8-21(18)23)24(28)27-16-14-26(15-17-27)20-12-10-19(25)11-13-20/h3-13,22H,2,14-17H2,1H3/t22-/m0/s1. The summed E-state index contributed by atoms with van der Waals surface area (Å²) in [4.78, 5) is 17.1. The van der Waals surface area contributed by atoms with Gasteiger partial charge in [0.05, 0.1) is 0 Å². The van der Waals surface area contributed by atoms with Crippen molar-refractivity contribution in [1.29, 1.82) is 0 Å². The fraction of sp³-hybridized carbons (Fsp3) is 0.292. The summed E-state index contributed by atoms with van der Waals surface area (Å²) in [5, 5.41) is 2.11. The van der Waals surface area contributed by atoms with Crippen molar-refractivity contribution in [3.63, 3.8) is 0 Å². The average Bonchev–Trinajstić information content (AvgIpc) is 2.78. The highest BCUT2D eigenvalue weighted by molar-refractivity contribution is 5.89. The fourth-order valence-corrected chi connectivity index (χ4v) is 3.80. The Bertz CT molecular complexity index is 976. The number of halogens is 1. The van der Waals surface area contributed by atoms with Crippen LogP contribution >= 0.6 is 0 Å². The van der Waals surface area contributed by atoms with Gasteiger partial charge in [0.25, 0.3) is 5.91 Å². The molecule has 1 atom stereocenters. The minimum atomic E-state index is -0.502. The van der Waals surface area contributed by atoms with Gasteiger partial charge in [0, 0.05) is 37.3 Å². The number of rotatable bonds is 5. The molecule has 4 rings (SSSR count). The van der Waals surface area contributed by atoms with Crippen molar-refractivity contribution >= 4 is 22.4 Å². The van der Waals surface area contributed by atoms with Crippen LogP contribution in [-0.2, 0) is 4.79 Å². The normalized spacial score (nSPS) is 15.4. The topological polar surface area (TPSA) is 32.8 Å². The molecule has 0 saturated carbocycles. The second-order valence-corrected chi connectivity index (χ2v) is 7.28. The molecule has 0 spiro atoms. The zero-order valence-corrected chi connectivity index (χ0v) is 16.6. The molecule has 0 aromatic heterocycles. The maximum absolute atomic E-state index is 13.1. The molecule has 0 N–H and O–H groups in total. The smallest absolute Gasteiger partial charge is 0.263 e. The minimum absolute atomic E-state index is 0.0270. The molecule has 3 aromatic rings. The predicted molar refractivity (Wildman–Crippen MR) is 114 cm³/mol. The van der Waals surface area contributed by atoms with Crippen LogP contribution in [0.4, 0.5) is 10.1 Å². The monoisotopic (exact) mass is 392 g/mol. The molecule has 1 amide bonds. The van der Waals surface area contributed by atoms with Gasteiger partial charge in [-0.3, -0.25) is 4.79 Å². The molecule has 1 fully saturated rings. The van der Waals surface area contributed by atoms with Crippen molar-refractivity contribution in [3.8, 4) is 5.75 Å². The fourth-order valence-electron chi connectivity index (χ4n) is 3.80. The van der Waals surface area contributed by atoms with Crippen LogP contribution in [0.15, 0.2) is 66.7 Å². The first-order valence-electron chi connectivity index (χ1n) is 10.1. The Labute approximate surface area is 170 Å². The summed E-state index contributed by atoms with van der Waals surface area (Å²) >= 11 is 0. The van der Waals surface area contributed by atoms with E-state index in [4.69, 9.17) is 4.74 Å². The molecule has 1 aliphatic rings. The maximum atomic E-state index is 13.1. The van der Waals surface area contributed by atoms with E-state index in [2.05, 4.69) is 4.90 Å². The first-order valence-corrected chi connectivity index (χ1v) is 10.1. The van der Waals surface area contributed by atoms with Crippen molar-refractivity contribution in [2.24, 2.45) is 0 Å². The van der Waals surface area contributed by atoms with E-state index in [-0.39, 0.29) is 11.7 Å². The van der Waals surface area contributed by atoms with Crippen molar-refractivity contribution in [3.05, 3.63) is 72.5 Å². The summed E-state index contributed by atoms with van der Waals surface area (Å²) in [6.45, 7) is 4.68. The molecule has 1 heterocycles. The molecule has 1 aliphatic heterocycles. The van der Waals surface area contributed by atoms with E-state index >= 15 is 0 Å². The Hall–Kier alpha value is -3.08. The minimum Gasteiger partial charge on any atom is -0.480 e. The number of carbonyl (C=O) groups is 1. The third-order valence-corrected chi connectivity index (χ3v) is 5.45. The lowest BCUT2D eigenvalue weighted by molar-refractivity contribution is -0.139. The maximum Gasteiger partial charge on any atom is 0.263 e. The second-order valence-electron chi connectivity index (χ2n) is 7.28. The van der Waals surface area contributed by atoms with E-state index in [1.54, 1.807) is 12.1 Å². The Morgan fingerprint density at radius 2 is 1.66 bits per heavy atom. The number of hydrogen-bond donors (Lipinski definition) is 0. The molecular weight excluding hydrogens is 367 g/mol. The van der Waals surface area contributed by atoms with E-state index in [9.17, 15) is 9.18 Å². The highest BCUT2D eigenvalue weighted by Gasteiger charge is 2.28. The third kappa shape index (κ3) is 4.19. The molecule has 1 saturated heterocycles. The van der Waals surface area contributed by atoms with Gasteiger partial charge < -0.3 is 14.5 Å². The van der Waals surface area contributed by atoms with Crippen LogP contribution in [0.2, 0.25) is 0 Å². The zero-order chi connectivity index (χ0) is 20.2. The van der Waals surface area contributed by atoms with Gasteiger partial charge in [-0.05, 0) is 42.1 Å². The summed E-state index contributed by atoms with van der Waals surface area (Å²) in [5.74, 6) is 0.534. The summed E-state index contributed by atoms with van der Waals surface area (Å²) in [6, 6.07) is 20.5. The van der Waals surface area contributed by atoms with Gasteiger partial charge >= 0.3 is 0 Å². The average molecular weight is 392 g/mol. The number of piperazine rings is 1. The van der Waals surface area contributed by atoms with Crippen LogP contribution in [-0.4, -0.2) is 43.1 Å². The summed E-state index contributed by atoms with van der Waals surface area (Å²) < 4.78 is 19.3. The largest absolute Gasteiger partial charge is 0.480 e. The Morgan fingerprint density at radius 3 is 2.38 bits per heavy atom. The van der Waals surface area contributed by atoms with E-state index in [0.717, 1.165) is 35.3 Å². The predicted octanol–water partition coefficient (Wildman–Crippen LogP) is 4.49. The second kappa shape index (κ2) is 8.52. The molecule has 0 bridgehead atoms. The molecule has 0 radical (unpaired) electrons. The number of ether oxygens (including phenoxy) is 1. The number of nitrogens with zero attached hydrogens (tertiary/aromatic N) is 2. The molecule has 0 unspecified atom stereocenters. The number of hydrogen-bond acceptors (Lipinski definition) is 3. The molecule has 0 aliphatic carbocycles. The van der Waals surface area contributed by atoms with Crippen LogP contribution in [0, 0.1) is 5.82 Å². The highest BCUT2D eigenvalue weighted by atomic mass is 19.1. The summed E-state index contributed by atoms with van der Waals surface area (Å²) in [6.07, 6.45) is 0.110. The first-order chi connectivity index (χ1) is 14.2. The van der Waals surface area contributed by atoms with E-state index in [1.807, 2.05) is 54.3 Å². The van der Waals surface area contributed by atoms with Crippen molar-refractivity contribution in [2.75, 3.05) is 31.1 Å². The van der Waals surface area contributed by atoms with Crippen LogP contribution in [0.3, 0.4) is 0 Å². The summed E-state index contributed by atoms with van der Waals surface area (Å²) in [7, 11) is 0. The van der Waals surface area contributed by atoms with E-state index < -0.39 is 6.10 Å². The van der Waals surface area contributed by atoms with Gasteiger partial charge in [-0.2, -0.15) is 0 Å². The van der Waals surface area contributed by atoms with Crippen molar-refractivity contribution in [1.82, 2.24) is 4.90 Å². The van der Waals surface area contributed by atoms with Crippen LogP contribution < -0.4 is 9.64 Å². The molecular formula is C24H25FN2O2. The van der Waals surface area contributed by atoms with Gasteiger partial charge in [-0.25, -0.2) is 4.39 Å². The van der Waals surface area contributed by atoms with E-state index in [0.29, 0.717) is 19.5 Å². The van der Waals surface area contributed by atoms with Gasteiger partial charge in [0.2, 0.25) is 0 Å². The lowest BCUT2D eigenvalue weighted by Gasteiger charge is -2.37. The number of benzene rings is 3. The lowest BCUT2D eigenvalue weighted by Crippen LogP contribution is -2.52. The number of amides is 1. The quantitative estimate of drug-likeness (QED) is 0.642. The van der Waals surface area contributed by atoms with Gasteiger partial charge in [-0.1, -0.05) is 43.3 Å². The molecule has 150 valence electrons. The number of anilines is 1. The Balaban J connectivity index is 1.42. The number of fused-ring (bicyclic) bond motifs is 1. The van der Waals surface area contributed by atoms with E-state index in [1.165, 1.54) is 12.1 Å². The van der Waals surface area contributed by atoms with Crippen LogP contribution in [0.25, 0.3) is 10.8 Å². The van der Waals surface area contributed by atoms with Gasteiger partial charge in [-0.15, -0.1) is 0 Å². The zero-order valence-electron chi connectivity index (χ0n) is 16.6. The van der Waals surface area contributed by atoms with Crippen molar-refractivity contribution in [2.45, 2.75) is 19.4 Å². The lowest BCUT2D eigenvalue weighted by atomic mass is 10.1. The first kappa shape index (κ1) is 19.2. The van der Waals surface area contributed by atoms with Crippen LogP contribution in [0.5, 0.6) is 5.75 Å². The van der Waals surface area contributed by atoms with Crippen LogP contribution in [0.1, 0.15) is 13.3 Å². The van der Waals surface area contributed by atoms with Crippen molar-refractivity contribution < 1.29 is 13.9 Å². The Kier molecular flexibility index (Phi) is 5.65. The molecule has 5 heteroatoms. The molecule has 29 heavy (non-hydrogen) atoms. The number of carbonyl (C=O) groups excluding carboxylic acids is 1. The SMILES string of the molecule is CC[C@H](Oc1cccc2ccccc12)C(=O)N1CCN(c2ccc(F)cc2)CC1. The highest BCUT2D eigenvalue weighted by Crippen LogP contribution is 2.27.